The number of ether oxygens (including phenoxy) is 1. The molecule has 0 aliphatic carbocycles. The summed E-state index contributed by atoms with van der Waals surface area (Å²) in [5.74, 6) is 0.827. The highest BCUT2D eigenvalue weighted by Gasteiger charge is 2.14. The van der Waals surface area contributed by atoms with Gasteiger partial charge in [-0.15, -0.1) is 11.3 Å². The average Bonchev–Trinajstić information content (AvgIpc) is 2.66. The molecule has 1 aliphatic heterocycles. The summed E-state index contributed by atoms with van der Waals surface area (Å²) in [5, 5.41) is 1.30. The zero-order valence-electron chi connectivity index (χ0n) is 10.9. The van der Waals surface area contributed by atoms with Gasteiger partial charge in [-0.25, -0.2) is 4.98 Å². The second-order valence-corrected chi connectivity index (χ2v) is 7.42. The monoisotopic (exact) mass is 387 g/mol. The highest BCUT2D eigenvalue weighted by Crippen LogP contribution is 2.28. The average molecular weight is 387 g/mol. The lowest BCUT2D eigenvalue weighted by Gasteiger charge is -2.11. The molecule has 1 unspecified atom stereocenters. The van der Waals surface area contributed by atoms with Gasteiger partial charge in [-0.05, 0) is 72.7 Å². The second kappa shape index (κ2) is 6.50. The first-order valence-electron chi connectivity index (χ1n) is 6.94. The fourth-order valence-electron chi connectivity index (χ4n) is 2.65. The number of aromatic nitrogens is 1. The highest BCUT2D eigenvalue weighted by atomic mass is 127. The Balaban J connectivity index is 1.66. The van der Waals surface area contributed by atoms with E-state index < -0.39 is 0 Å². The van der Waals surface area contributed by atoms with Crippen molar-refractivity contribution >= 4 is 44.1 Å². The van der Waals surface area contributed by atoms with Gasteiger partial charge in [-0.1, -0.05) is 6.07 Å². The number of benzene rings is 1. The molecule has 1 atom stereocenters. The van der Waals surface area contributed by atoms with Gasteiger partial charge in [0.1, 0.15) is 0 Å². The molecule has 0 saturated carbocycles. The molecule has 2 heterocycles. The number of nitrogens with zero attached hydrogens (tertiary/aromatic N) is 1. The molecule has 0 bridgehead atoms. The molecule has 0 amide bonds. The molecule has 0 N–H and O–H groups in total. The summed E-state index contributed by atoms with van der Waals surface area (Å²) < 4.78 is 8.12. The van der Waals surface area contributed by atoms with Crippen LogP contribution < -0.4 is 0 Å². The molecule has 2 nitrogen and oxygen atoms in total. The molecule has 1 aliphatic rings. The van der Waals surface area contributed by atoms with Crippen molar-refractivity contribution in [1.29, 1.82) is 0 Å². The maximum Gasteiger partial charge on any atom is 0.0948 e. The number of hydrogen-bond donors (Lipinski definition) is 0. The first-order valence-corrected chi connectivity index (χ1v) is 8.84. The van der Waals surface area contributed by atoms with Gasteiger partial charge >= 0.3 is 0 Å². The number of thiazole rings is 1. The largest absolute Gasteiger partial charge is 0.381 e. The third kappa shape index (κ3) is 3.47. The molecule has 19 heavy (non-hydrogen) atoms. The summed E-state index contributed by atoms with van der Waals surface area (Å²) >= 11 is 4.23. The van der Waals surface area contributed by atoms with Crippen molar-refractivity contribution in [3.63, 3.8) is 0 Å². The second-order valence-electron chi connectivity index (χ2n) is 5.14. The van der Waals surface area contributed by atoms with Crippen LogP contribution in [-0.4, -0.2) is 18.2 Å². The van der Waals surface area contributed by atoms with Crippen LogP contribution in [0.5, 0.6) is 0 Å². The Morgan fingerprint density at radius 1 is 1.32 bits per heavy atom. The van der Waals surface area contributed by atoms with Gasteiger partial charge in [0.2, 0.25) is 0 Å². The van der Waals surface area contributed by atoms with Crippen molar-refractivity contribution in [2.45, 2.75) is 32.1 Å². The topological polar surface area (TPSA) is 22.1 Å². The third-order valence-electron chi connectivity index (χ3n) is 3.75. The number of para-hydroxylation sites is 1. The van der Waals surface area contributed by atoms with Gasteiger partial charge in [0.15, 0.2) is 0 Å². The fourth-order valence-corrected chi connectivity index (χ4v) is 4.47. The summed E-state index contributed by atoms with van der Waals surface area (Å²) in [6, 6.07) is 6.43. The van der Waals surface area contributed by atoms with Crippen LogP contribution in [0.1, 0.15) is 30.7 Å². The minimum atomic E-state index is 0.827. The first kappa shape index (κ1) is 13.8. The highest BCUT2D eigenvalue weighted by molar-refractivity contribution is 14.1. The molecule has 3 rings (SSSR count). The van der Waals surface area contributed by atoms with E-state index in [-0.39, 0.29) is 0 Å². The van der Waals surface area contributed by atoms with Gasteiger partial charge in [0.25, 0.3) is 0 Å². The lowest BCUT2D eigenvalue weighted by molar-refractivity contribution is 0.141. The van der Waals surface area contributed by atoms with Gasteiger partial charge in [-0.3, -0.25) is 0 Å². The molecule has 2 aromatic rings. The van der Waals surface area contributed by atoms with Crippen molar-refractivity contribution in [2.75, 3.05) is 13.2 Å². The van der Waals surface area contributed by atoms with E-state index in [0.29, 0.717) is 0 Å². The molecular formula is C15H18INOS. The van der Waals surface area contributed by atoms with Crippen molar-refractivity contribution in [2.24, 2.45) is 5.92 Å². The van der Waals surface area contributed by atoms with Crippen molar-refractivity contribution < 1.29 is 4.74 Å². The van der Waals surface area contributed by atoms with E-state index in [1.54, 1.807) is 0 Å². The fraction of sp³-hybridized carbons (Fsp3) is 0.533. The summed E-state index contributed by atoms with van der Waals surface area (Å²) in [4.78, 5) is 4.80. The third-order valence-corrected chi connectivity index (χ3v) is 5.70. The molecule has 102 valence electrons. The molecule has 1 aromatic carbocycles. The summed E-state index contributed by atoms with van der Waals surface area (Å²) in [6.45, 7) is 1.90. The van der Waals surface area contributed by atoms with Gasteiger partial charge in [-0.2, -0.15) is 0 Å². The molecule has 4 heteroatoms. The predicted molar refractivity (Wildman–Crippen MR) is 88.8 cm³/mol. The standard InChI is InChI=1S/C15H18INOS/c16-12-4-1-5-13-15(12)17-14(19-13)7-6-11-3-2-9-18-10-8-11/h1,4-5,11H,2-3,6-10H2. The smallest absolute Gasteiger partial charge is 0.0948 e. The van der Waals surface area contributed by atoms with E-state index >= 15 is 0 Å². The minimum absolute atomic E-state index is 0.827. The molecule has 0 spiro atoms. The Morgan fingerprint density at radius 2 is 2.26 bits per heavy atom. The van der Waals surface area contributed by atoms with Crippen LogP contribution >= 0.6 is 33.9 Å². The Kier molecular flexibility index (Phi) is 4.71. The number of hydrogen-bond acceptors (Lipinski definition) is 3. The molecule has 0 radical (unpaired) electrons. The number of aryl methyl sites for hydroxylation is 1. The van der Waals surface area contributed by atoms with Crippen LogP contribution in [0, 0.1) is 9.49 Å². The zero-order chi connectivity index (χ0) is 13.1. The summed E-state index contributed by atoms with van der Waals surface area (Å²) in [5.41, 5.74) is 1.19. The number of fused-ring (bicyclic) bond motifs is 1. The van der Waals surface area contributed by atoms with Crippen LogP contribution in [0.25, 0.3) is 10.2 Å². The lowest BCUT2D eigenvalue weighted by atomic mass is 9.95. The summed E-state index contributed by atoms with van der Waals surface area (Å²) in [7, 11) is 0. The Morgan fingerprint density at radius 3 is 3.16 bits per heavy atom. The Labute approximate surface area is 131 Å². The predicted octanol–water partition coefficient (Wildman–Crippen LogP) is 4.65. The van der Waals surface area contributed by atoms with E-state index in [4.69, 9.17) is 9.72 Å². The van der Waals surface area contributed by atoms with Gasteiger partial charge in [0.05, 0.1) is 15.2 Å². The van der Waals surface area contributed by atoms with Crippen LogP contribution in [-0.2, 0) is 11.2 Å². The maximum absolute atomic E-state index is 5.53. The van der Waals surface area contributed by atoms with E-state index in [1.807, 2.05) is 11.3 Å². The number of halogens is 1. The van der Waals surface area contributed by atoms with E-state index in [9.17, 15) is 0 Å². The maximum atomic E-state index is 5.53. The van der Waals surface area contributed by atoms with Gasteiger partial charge in [0, 0.05) is 16.8 Å². The van der Waals surface area contributed by atoms with Crippen molar-refractivity contribution in [3.05, 3.63) is 26.8 Å². The summed E-state index contributed by atoms with van der Waals surface area (Å²) in [6.07, 6.45) is 6.16. The van der Waals surface area contributed by atoms with Crippen LogP contribution in [0.3, 0.4) is 0 Å². The molecular weight excluding hydrogens is 369 g/mol. The molecule has 1 fully saturated rings. The van der Waals surface area contributed by atoms with Crippen molar-refractivity contribution in [3.8, 4) is 0 Å². The Bertz CT molecular complexity index is 546. The quantitative estimate of drug-likeness (QED) is 0.716. The lowest BCUT2D eigenvalue weighted by Crippen LogP contribution is -2.02. The van der Waals surface area contributed by atoms with E-state index in [1.165, 1.54) is 44.5 Å². The SMILES string of the molecule is Ic1cccc2sc(CCC3CCCOCC3)nc12. The first-order chi connectivity index (χ1) is 9.33. The Hall–Kier alpha value is -0.200. The van der Waals surface area contributed by atoms with E-state index in [0.717, 1.165) is 25.6 Å². The van der Waals surface area contributed by atoms with Crippen LogP contribution in [0.4, 0.5) is 0 Å². The number of rotatable bonds is 3. The zero-order valence-corrected chi connectivity index (χ0v) is 13.9. The van der Waals surface area contributed by atoms with Crippen LogP contribution in [0.2, 0.25) is 0 Å². The normalized spacial score (nSPS) is 20.6. The van der Waals surface area contributed by atoms with E-state index in [2.05, 4.69) is 40.8 Å². The molecule has 1 saturated heterocycles. The minimum Gasteiger partial charge on any atom is -0.381 e. The molecule has 1 aromatic heterocycles. The van der Waals surface area contributed by atoms with Crippen LogP contribution in [0.15, 0.2) is 18.2 Å². The van der Waals surface area contributed by atoms with Gasteiger partial charge < -0.3 is 4.74 Å². The van der Waals surface area contributed by atoms with Crippen molar-refractivity contribution in [1.82, 2.24) is 4.98 Å².